The van der Waals surface area contributed by atoms with Gasteiger partial charge in [-0.3, -0.25) is 4.99 Å². The molecular formula is C14H20N2OS2. The van der Waals surface area contributed by atoms with Crippen LogP contribution in [0.5, 0.6) is 0 Å². The molecular weight excluding hydrogens is 276 g/mol. The van der Waals surface area contributed by atoms with Crippen LogP contribution in [0.4, 0.5) is 0 Å². The molecule has 1 heterocycles. The van der Waals surface area contributed by atoms with Crippen LogP contribution in [0.1, 0.15) is 18.4 Å². The van der Waals surface area contributed by atoms with Gasteiger partial charge in [0.2, 0.25) is 0 Å². The first-order valence-electron chi connectivity index (χ1n) is 6.45. The highest BCUT2D eigenvalue weighted by Gasteiger charge is 2.14. The van der Waals surface area contributed by atoms with Crippen molar-refractivity contribution in [2.75, 3.05) is 19.4 Å². The number of hydrogen-bond acceptors (Lipinski definition) is 4. The molecule has 5 heteroatoms. The van der Waals surface area contributed by atoms with Crippen molar-refractivity contribution < 1.29 is 4.74 Å². The number of nitrogens with zero attached hydrogens (tertiary/aromatic N) is 1. The highest BCUT2D eigenvalue weighted by Crippen LogP contribution is 2.18. The van der Waals surface area contributed by atoms with Crippen LogP contribution in [0.2, 0.25) is 0 Å². The Labute approximate surface area is 123 Å². The monoisotopic (exact) mass is 296 g/mol. The van der Waals surface area contributed by atoms with E-state index in [0.29, 0.717) is 11.7 Å². The van der Waals surface area contributed by atoms with Gasteiger partial charge in [-0.05, 0) is 36.8 Å². The predicted octanol–water partition coefficient (Wildman–Crippen LogP) is 3.14. The number of thioether (sulfide) groups is 2. The maximum atomic E-state index is 5.91. The number of benzene rings is 1. The van der Waals surface area contributed by atoms with Crippen molar-refractivity contribution in [1.82, 2.24) is 0 Å². The largest absolute Gasteiger partial charge is 0.379 e. The van der Waals surface area contributed by atoms with Gasteiger partial charge in [0, 0.05) is 17.3 Å². The summed E-state index contributed by atoms with van der Waals surface area (Å²) in [6, 6.07) is 8.57. The van der Waals surface area contributed by atoms with Gasteiger partial charge in [-0.25, -0.2) is 0 Å². The normalized spacial score (nSPS) is 19.8. The fraction of sp³-hybridized carbons (Fsp3) is 0.500. The Hall–Kier alpha value is -0.650. The number of hydrogen-bond donors (Lipinski definition) is 1. The summed E-state index contributed by atoms with van der Waals surface area (Å²) < 4.78 is 5.52. The Balaban J connectivity index is 1.75. The second-order valence-corrected chi connectivity index (χ2v) is 6.33. The van der Waals surface area contributed by atoms with E-state index >= 15 is 0 Å². The number of nitrogens with two attached hydrogens (primary N) is 1. The number of ether oxygens (including phenoxy) is 1. The molecule has 3 nitrogen and oxygen atoms in total. The van der Waals surface area contributed by atoms with Crippen LogP contribution in [0.25, 0.3) is 0 Å². The maximum absolute atomic E-state index is 5.91. The molecule has 0 amide bonds. The molecule has 0 saturated carbocycles. The summed E-state index contributed by atoms with van der Waals surface area (Å²) in [5.74, 6) is 0.871. The summed E-state index contributed by atoms with van der Waals surface area (Å²) in [4.78, 5) is 5.67. The summed E-state index contributed by atoms with van der Waals surface area (Å²) in [5, 5.41) is 0.657. The van der Waals surface area contributed by atoms with Crippen LogP contribution >= 0.6 is 23.5 Å². The number of rotatable bonds is 5. The smallest absolute Gasteiger partial charge is 0.154 e. The molecule has 0 aliphatic carbocycles. The number of aliphatic imine (C=N–C) groups is 1. The quantitative estimate of drug-likeness (QED) is 0.515. The lowest BCUT2D eigenvalue weighted by Crippen LogP contribution is -2.14. The van der Waals surface area contributed by atoms with Crippen molar-refractivity contribution >= 4 is 28.7 Å². The third kappa shape index (κ3) is 5.09. The van der Waals surface area contributed by atoms with Gasteiger partial charge < -0.3 is 10.5 Å². The van der Waals surface area contributed by atoms with Gasteiger partial charge in [0.05, 0.1) is 12.6 Å². The summed E-state index contributed by atoms with van der Waals surface area (Å²) in [6.45, 7) is 1.57. The Morgan fingerprint density at radius 2 is 2.21 bits per heavy atom. The molecule has 0 spiro atoms. The predicted molar refractivity (Wildman–Crippen MR) is 85.0 cm³/mol. The van der Waals surface area contributed by atoms with E-state index in [1.54, 1.807) is 23.5 Å². The van der Waals surface area contributed by atoms with E-state index in [4.69, 9.17) is 10.5 Å². The fourth-order valence-corrected chi connectivity index (χ4v) is 2.99. The Kier molecular flexibility index (Phi) is 6.07. The Bertz CT molecular complexity index is 414. The van der Waals surface area contributed by atoms with Crippen molar-refractivity contribution in [1.29, 1.82) is 0 Å². The highest BCUT2D eigenvalue weighted by atomic mass is 32.2. The zero-order valence-electron chi connectivity index (χ0n) is 11.2. The van der Waals surface area contributed by atoms with E-state index in [1.807, 2.05) is 0 Å². The average Bonchev–Trinajstić information content (AvgIpc) is 2.96. The van der Waals surface area contributed by atoms with Crippen LogP contribution in [0, 0.1) is 0 Å². The zero-order valence-corrected chi connectivity index (χ0v) is 12.8. The summed E-state index contributed by atoms with van der Waals surface area (Å²) >= 11 is 3.35. The first-order chi connectivity index (χ1) is 9.28. The number of amidine groups is 1. The third-order valence-corrected chi connectivity index (χ3v) is 4.67. The third-order valence-electron chi connectivity index (χ3n) is 3.02. The molecule has 2 N–H and O–H groups in total. The summed E-state index contributed by atoms with van der Waals surface area (Å²) in [5.41, 5.74) is 7.18. The van der Waals surface area contributed by atoms with E-state index < -0.39 is 0 Å². The van der Waals surface area contributed by atoms with Crippen molar-refractivity contribution in [2.24, 2.45) is 10.7 Å². The standard InChI is InChI=1S/C14H20N2OS2/c1-18-13-6-4-11(5-7-13)10-19-14(15)16-9-12-3-2-8-17-12/h4-7,12H,2-3,8-10H2,1H3,(H2,15,16)/t12-/m1/s1. The molecule has 1 aliphatic rings. The fourth-order valence-electron chi connectivity index (χ4n) is 1.90. The van der Waals surface area contributed by atoms with Crippen LogP contribution in [0.3, 0.4) is 0 Å². The van der Waals surface area contributed by atoms with Gasteiger partial charge in [0.15, 0.2) is 5.17 Å². The molecule has 2 rings (SSSR count). The maximum Gasteiger partial charge on any atom is 0.154 e. The van der Waals surface area contributed by atoms with Crippen LogP contribution in [-0.4, -0.2) is 30.7 Å². The minimum absolute atomic E-state index is 0.278. The molecule has 1 atom stereocenters. The van der Waals surface area contributed by atoms with E-state index in [1.165, 1.54) is 10.5 Å². The van der Waals surface area contributed by atoms with Crippen molar-refractivity contribution in [3.8, 4) is 0 Å². The SMILES string of the molecule is CSc1ccc(CSC(N)=NC[C@H]2CCCO2)cc1. The van der Waals surface area contributed by atoms with E-state index in [-0.39, 0.29) is 6.10 Å². The van der Waals surface area contributed by atoms with E-state index in [2.05, 4.69) is 35.5 Å². The van der Waals surface area contributed by atoms with E-state index in [0.717, 1.165) is 25.2 Å². The molecule has 19 heavy (non-hydrogen) atoms. The van der Waals surface area contributed by atoms with Gasteiger partial charge in [-0.2, -0.15) is 0 Å². The first kappa shape index (κ1) is 14.8. The highest BCUT2D eigenvalue weighted by molar-refractivity contribution is 8.13. The lowest BCUT2D eigenvalue weighted by molar-refractivity contribution is 0.118. The molecule has 1 fully saturated rings. The topological polar surface area (TPSA) is 47.6 Å². The molecule has 0 radical (unpaired) electrons. The van der Waals surface area contributed by atoms with Crippen molar-refractivity contribution in [2.45, 2.75) is 29.6 Å². The molecule has 1 saturated heterocycles. The lowest BCUT2D eigenvalue weighted by atomic mass is 10.2. The van der Waals surface area contributed by atoms with Gasteiger partial charge in [0.25, 0.3) is 0 Å². The Morgan fingerprint density at radius 1 is 1.42 bits per heavy atom. The van der Waals surface area contributed by atoms with E-state index in [9.17, 15) is 0 Å². The molecule has 104 valence electrons. The minimum atomic E-state index is 0.278. The van der Waals surface area contributed by atoms with Gasteiger partial charge in [-0.1, -0.05) is 23.9 Å². The molecule has 1 aromatic carbocycles. The van der Waals surface area contributed by atoms with Gasteiger partial charge >= 0.3 is 0 Å². The Morgan fingerprint density at radius 3 is 2.84 bits per heavy atom. The first-order valence-corrected chi connectivity index (χ1v) is 8.66. The molecule has 1 aliphatic heterocycles. The minimum Gasteiger partial charge on any atom is -0.379 e. The van der Waals surface area contributed by atoms with Gasteiger partial charge in [-0.15, -0.1) is 11.8 Å². The average molecular weight is 296 g/mol. The molecule has 0 bridgehead atoms. The van der Waals surface area contributed by atoms with Gasteiger partial charge in [0.1, 0.15) is 0 Å². The lowest BCUT2D eigenvalue weighted by Gasteiger charge is -2.06. The summed E-state index contributed by atoms with van der Waals surface area (Å²) in [6.07, 6.45) is 4.62. The van der Waals surface area contributed by atoms with Crippen molar-refractivity contribution in [3.05, 3.63) is 29.8 Å². The summed E-state index contributed by atoms with van der Waals surface area (Å²) in [7, 11) is 0. The second-order valence-electron chi connectivity index (χ2n) is 4.45. The molecule has 1 aromatic rings. The van der Waals surface area contributed by atoms with Crippen molar-refractivity contribution in [3.63, 3.8) is 0 Å². The molecule has 0 aromatic heterocycles. The zero-order chi connectivity index (χ0) is 13.5. The van der Waals surface area contributed by atoms with Crippen LogP contribution in [0.15, 0.2) is 34.2 Å². The molecule has 0 unspecified atom stereocenters. The van der Waals surface area contributed by atoms with Crippen LogP contribution in [-0.2, 0) is 10.5 Å². The van der Waals surface area contributed by atoms with Crippen LogP contribution < -0.4 is 5.73 Å². The second kappa shape index (κ2) is 7.82.